The molecule has 11 heavy (non-hydrogen) atoms. The zero-order valence-electron chi connectivity index (χ0n) is 5.53. The predicted octanol–water partition coefficient (Wildman–Crippen LogP) is -0.670. The maximum Gasteiger partial charge on any atom is 0.302 e. The van der Waals surface area contributed by atoms with E-state index in [1.54, 1.807) is 0 Å². The molecule has 0 aromatic carbocycles. The molecule has 1 saturated heterocycles. The molecule has 1 fully saturated rings. The molecule has 0 bridgehead atoms. The van der Waals surface area contributed by atoms with Crippen molar-refractivity contribution in [1.82, 2.24) is 0 Å². The Kier molecular flexibility index (Phi) is 1.96. The minimum absolute atomic E-state index is 0.198. The Bertz CT molecular complexity index is 328. The van der Waals surface area contributed by atoms with E-state index < -0.39 is 31.7 Å². The lowest BCUT2D eigenvalue weighted by Crippen LogP contribution is -2.39. The van der Waals surface area contributed by atoms with E-state index in [9.17, 15) is 20.7 Å². The third-order valence-corrected chi connectivity index (χ3v) is 4.24. The minimum atomic E-state index is -4.50. The van der Waals surface area contributed by atoms with Crippen LogP contribution in [-0.2, 0) is 20.1 Å². The first-order valence-electron chi connectivity index (χ1n) is 2.91. The van der Waals surface area contributed by atoms with Gasteiger partial charge in [0.2, 0.25) is 0 Å². The Hall–Kier alpha value is -0.170. The fourth-order valence-corrected chi connectivity index (χ4v) is 3.72. The number of sulfone groups is 1. The maximum atomic E-state index is 11.9. The van der Waals surface area contributed by atoms with E-state index in [-0.39, 0.29) is 11.5 Å². The molecule has 1 aliphatic rings. The predicted molar refractivity (Wildman–Crippen MR) is 37.0 cm³/mol. The number of hydrogen-bond acceptors (Lipinski definition) is 4. The number of halogens is 1. The van der Waals surface area contributed by atoms with Gasteiger partial charge in [-0.3, -0.25) is 0 Å². The Balaban J connectivity index is 2.48. The van der Waals surface area contributed by atoms with Crippen molar-refractivity contribution in [2.75, 3.05) is 17.3 Å². The molecule has 0 aromatic heterocycles. The van der Waals surface area contributed by atoms with Crippen LogP contribution in [0.1, 0.15) is 0 Å². The van der Waals surface area contributed by atoms with E-state index in [1.807, 2.05) is 0 Å². The SMILES string of the molecule is O=S(=O)(F)CC1CS(=O)(=O)C1. The van der Waals surface area contributed by atoms with Crippen molar-refractivity contribution < 1.29 is 20.7 Å². The van der Waals surface area contributed by atoms with E-state index in [4.69, 9.17) is 0 Å². The van der Waals surface area contributed by atoms with Crippen molar-refractivity contribution >= 4 is 20.1 Å². The van der Waals surface area contributed by atoms with Crippen LogP contribution < -0.4 is 0 Å². The molecule has 1 rings (SSSR count). The van der Waals surface area contributed by atoms with Gasteiger partial charge in [0.05, 0.1) is 17.3 Å². The summed E-state index contributed by atoms with van der Waals surface area (Å²) in [5, 5.41) is 0. The summed E-state index contributed by atoms with van der Waals surface area (Å²) < 4.78 is 52.8. The molecular formula is C4H7FO4S2. The molecule has 0 atom stereocenters. The summed E-state index contributed by atoms with van der Waals surface area (Å²) in [7, 11) is -7.53. The van der Waals surface area contributed by atoms with Gasteiger partial charge in [-0.15, -0.1) is 3.89 Å². The molecule has 4 nitrogen and oxygen atoms in total. The van der Waals surface area contributed by atoms with Gasteiger partial charge in [0.15, 0.2) is 9.84 Å². The van der Waals surface area contributed by atoms with Crippen molar-refractivity contribution in [3.05, 3.63) is 0 Å². The lowest BCUT2D eigenvalue weighted by Gasteiger charge is -2.23. The van der Waals surface area contributed by atoms with Crippen LogP contribution in [0.5, 0.6) is 0 Å². The van der Waals surface area contributed by atoms with Gasteiger partial charge in [-0.05, 0) is 0 Å². The van der Waals surface area contributed by atoms with Gasteiger partial charge >= 0.3 is 10.2 Å². The molecule has 0 radical (unpaired) electrons. The highest BCUT2D eigenvalue weighted by Crippen LogP contribution is 2.20. The van der Waals surface area contributed by atoms with Crippen LogP contribution in [-0.4, -0.2) is 34.1 Å². The maximum absolute atomic E-state index is 11.9. The summed E-state index contributed by atoms with van der Waals surface area (Å²) in [6.45, 7) is 0. The molecule has 1 aliphatic heterocycles. The topological polar surface area (TPSA) is 68.3 Å². The standard InChI is InChI=1S/C4H7FO4S2/c5-11(8,9)3-4-1-10(6,7)2-4/h4H,1-3H2. The summed E-state index contributed by atoms with van der Waals surface area (Å²) in [5.74, 6) is -1.59. The van der Waals surface area contributed by atoms with Crippen molar-refractivity contribution in [3.63, 3.8) is 0 Å². The molecule has 0 N–H and O–H groups in total. The zero-order valence-corrected chi connectivity index (χ0v) is 7.16. The van der Waals surface area contributed by atoms with Crippen LogP contribution >= 0.6 is 0 Å². The first-order valence-corrected chi connectivity index (χ1v) is 6.29. The fourth-order valence-electron chi connectivity index (χ4n) is 1.05. The van der Waals surface area contributed by atoms with E-state index in [0.29, 0.717) is 0 Å². The second-order valence-corrected chi connectivity index (χ2v) is 6.21. The zero-order chi connectivity index (χ0) is 8.70. The molecule has 1 heterocycles. The van der Waals surface area contributed by atoms with E-state index in [2.05, 4.69) is 0 Å². The van der Waals surface area contributed by atoms with Crippen LogP contribution in [0.25, 0.3) is 0 Å². The third-order valence-electron chi connectivity index (χ3n) is 1.41. The molecule has 0 aromatic rings. The van der Waals surface area contributed by atoms with Crippen LogP contribution in [0.4, 0.5) is 3.89 Å². The quantitative estimate of drug-likeness (QED) is 0.557. The monoisotopic (exact) mass is 202 g/mol. The summed E-state index contributed by atoms with van der Waals surface area (Å²) >= 11 is 0. The molecule has 7 heteroatoms. The van der Waals surface area contributed by atoms with Crippen molar-refractivity contribution in [1.29, 1.82) is 0 Å². The summed E-state index contributed by atoms with van der Waals surface area (Å²) in [6.07, 6.45) is 0. The second kappa shape index (κ2) is 2.41. The first kappa shape index (κ1) is 8.92. The molecule has 0 unspecified atom stereocenters. The average Bonchev–Trinajstić information content (AvgIpc) is 1.53. The summed E-state index contributed by atoms with van der Waals surface area (Å²) in [6, 6.07) is 0. The van der Waals surface area contributed by atoms with Gasteiger partial charge in [0, 0.05) is 5.92 Å². The summed E-state index contributed by atoms with van der Waals surface area (Å²) in [5.41, 5.74) is 0. The van der Waals surface area contributed by atoms with Crippen molar-refractivity contribution in [2.24, 2.45) is 5.92 Å². The third kappa shape index (κ3) is 2.74. The Labute approximate surface area is 64.5 Å². The van der Waals surface area contributed by atoms with Crippen LogP contribution in [0.15, 0.2) is 0 Å². The number of rotatable bonds is 2. The van der Waals surface area contributed by atoms with Crippen molar-refractivity contribution in [3.8, 4) is 0 Å². The molecule has 0 saturated carbocycles. The van der Waals surface area contributed by atoms with E-state index in [1.165, 1.54) is 0 Å². The Morgan fingerprint density at radius 3 is 2.09 bits per heavy atom. The van der Waals surface area contributed by atoms with Gasteiger partial charge in [-0.2, -0.15) is 8.42 Å². The van der Waals surface area contributed by atoms with Gasteiger partial charge in [0.25, 0.3) is 0 Å². The highest BCUT2D eigenvalue weighted by Gasteiger charge is 2.36. The van der Waals surface area contributed by atoms with Gasteiger partial charge < -0.3 is 0 Å². The summed E-state index contributed by atoms with van der Waals surface area (Å²) in [4.78, 5) is 0. The normalized spacial score (nSPS) is 24.5. The van der Waals surface area contributed by atoms with Gasteiger partial charge in [-0.25, -0.2) is 8.42 Å². The lowest BCUT2D eigenvalue weighted by atomic mass is 10.2. The van der Waals surface area contributed by atoms with E-state index in [0.717, 1.165) is 0 Å². The Morgan fingerprint density at radius 1 is 1.36 bits per heavy atom. The van der Waals surface area contributed by atoms with Crippen LogP contribution in [0, 0.1) is 5.92 Å². The highest BCUT2D eigenvalue weighted by molar-refractivity contribution is 7.93. The van der Waals surface area contributed by atoms with E-state index >= 15 is 0 Å². The highest BCUT2D eigenvalue weighted by atomic mass is 32.3. The fraction of sp³-hybridized carbons (Fsp3) is 1.00. The van der Waals surface area contributed by atoms with Crippen LogP contribution in [0.2, 0.25) is 0 Å². The first-order chi connectivity index (χ1) is 4.79. The second-order valence-electron chi connectivity index (χ2n) is 2.65. The molecule has 0 spiro atoms. The van der Waals surface area contributed by atoms with Crippen molar-refractivity contribution in [2.45, 2.75) is 0 Å². The van der Waals surface area contributed by atoms with Gasteiger partial charge in [-0.1, -0.05) is 0 Å². The smallest absolute Gasteiger partial charge is 0.229 e. The lowest BCUT2D eigenvalue weighted by molar-refractivity contribution is 0.517. The van der Waals surface area contributed by atoms with Crippen LogP contribution in [0.3, 0.4) is 0 Å². The molecule has 0 amide bonds. The minimum Gasteiger partial charge on any atom is -0.229 e. The average molecular weight is 202 g/mol. The molecule has 0 aliphatic carbocycles. The molecule has 66 valence electrons. The van der Waals surface area contributed by atoms with Gasteiger partial charge in [0.1, 0.15) is 0 Å². The number of hydrogen-bond donors (Lipinski definition) is 0. The molecular weight excluding hydrogens is 195 g/mol. The largest absolute Gasteiger partial charge is 0.302 e. The Morgan fingerprint density at radius 2 is 1.82 bits per heavy atom.